The molecule has 0 saturated carbocycles. The van der Waals surface area contributed by atoms with Crippen molar-refractivity contribution in [1.82, 2.24) is 0 Å². The van der Waals surface area contributed by atoms with Crippen LogP contribution in [-0.4, -0.2) is 29.7 Å². The fraction of sp³-hybridized carbons (Fsp3) is 0.222. The molecule has 0 heterocycles. The zero-order chi connectivity index (χ0) is 11.4. The first kappa shape index (κ1) is 11.5. The van der Waals surface area contributed by atoms with Crippen LogP contribution in [0.25, 0.3) is 0 Å². The molecule has 4 N–H and O–H groups in total. The van der Waals surface area contributed by atoms with Crippen LogP contribution in [0.15, 0.2) is 18.2 Å². The van der Waals surface area contributed by atoms with Gasteiger partial charge in [0.1, 0.15) is 0 Å². The van der Waals surface area contributed by atoms with Crippen molar-refractivity contribution < 1.29 is 19.6 Å². The summed E-state index contributed by atoms with van der Waals surface area (Å²) < 4.78 is 4.77. The second kappa shape index (κ2) is 4.81. The van der Waals surface area contributed by atoms with E-state index in [0.29, 0.717) is 0 Å². The van der Waals surface area contributed by atoms with Gasteiger partial charge in [0.05, 0.1) is 12.2 Å². The average molecular weight is 209 g/mol. The summed E-state index contributed by atoms with van der Waals surface area (Å²) in [6.07, 6.45) is 0. The molecule has 0 saturated heterocycles. The summed E-state index contributed by atoms with van der Waals surface area (Å²) in [6.45, 7) is 1.96. The van der Waals surface area contributed by atoms with Crippen LogP contribution in [0.4, 0.5) is 5.69 Å². The van der Waals surface area contributed by atoms with Crippen LogP contribution in [0.2, 0.25) is 0 Å². The first-order valence-electron chi connectivity index (χ1n) is 4.49. The Morgan fingerprint density at radius 3 is 2.67 bits per heavy atom. The maximum Gasteiger partial charge on any atom is 0.488 e. The number of nitrogen functional groups attached to an aromatic ring is 1. The number of anilines is 1. The molecule has 1 aromatic carbocycles. The molecule has 6 heteroatoms. The van der Waals surface area contributed by atoms with Crippen LogP contribution in [0, 0.1) is 0 Å². The van der Waals surface area contributed by atoms with Gasteiger partial charge in [-0.15, -0.1) is 0 Å². The van der Waals surface area contributed by atoms with Gasteiger partial charge in [0.2, 0.25) is 0 Å². The van der Waals surface area contributed by atoms with E-state index in [1.165, 1.54) is 18.2 Å². The predicted octanol–water partition coefficient (Wildman–Crippen LogP) is -0.875. The van der Waals surface area contributed by atoms with E-state index in [2.05, 4.69) is 0 Å². The van der Waals surface area contributed by atoms with E-state index in [-0.39, 0.29) is 23.3 Å². The van der Waals surface area contributed by atoms with Crippen molar-refractivity contribution in [3.05, 3.63) is 23.8 Å². The molecule has 1 aromatic rings. The van der Waals surface area contributed by atoms with Crippen molar-refractivity contribution in [1.29, 1.82) is 0 Å². The Kier molecular flexibility index (Phi) is 3.71. The highest BCUT2D eigenvalue weighted by molar-refractivity contribution is 6.58. The number of ether oxygens (including phenoxy) is 1. The third kappa shape index (κ3) is 2.71. The molecule has 15 heavy (non-hydrogen) atoms. The zero-order valence-electron chi connectivity index (χ0n) is 8.30. The summed E-state index contributed by atoms with van der Waals surface area (Å²) in [5.74, 6) is -0.519. The Balaban J connectivity index is 2.98. The first-order chi connectivity index (χ1) is 7.06. The Hall–Kier alpha value is -1.53. The summed E-state index contributed by atoms with van der Waals surface area (Å²) in [6, 6.07) is 4.15. The van der Waals surface area contributed by atoms with Gasteiger partial charge in [-0.05, 0) is 24.5 Å². The summed E-state index contributed by atoms with van der Waals surface area (Å²) in [5.41, 5.74) is 6.19. The van der Waals surface area contributed by atoms with E-state index < -0.39 is 13.1 Å². The molecular weight excluding hydrogens is 197 g/mol. The van der Waals surface area contributed by atoms with Gasteiger partial charge in [0.25, 0.3) is 0 Å². The Morgan fingerprint density at radius 2 is 2.20 bits per heavy atom. The van der Waals surface area contributed by atoms with Crippen molar-refractivity contribution in [2.45, 2.75) is 6.92 Å². The number of benzene rings is 1. The normalized spacial score (nSPS) is 9.80. The van der Waals surface area contributed by atoms with Crippen LogP contribution in [0.3, 0.4) is 0 Å². The van der Waals surface area contributed by atoms with Gasteiger partial charge in [-0.25, -0.2) is 4.79 Å². The molecule has 0 atom stereocenters. The van der Waals surface area contributed by atoms with Gasteiger partial charge in [0.15, 0.2) is 0 Å². The molecule has 0 aromatic heterocycles. The minimum atomic E-state index is -1.59. The molecule has 1 rings (SSSR count). The summed E-state index contributed by atoms with van der Waals surface area (Å²) in [4.78, 5) is 11.3. The summed E-state index contributed by atoms with van der Waals surface area (Å²) >= 11 is 0. The van der Waals surface area contributed by atoms with Crippen molar-refractivity contribution in [2.24, 2.45) is 0 Å². The molecule has 0 amide bonds. The van der Waals surface area contributed by atoms with Crippen LogP contribution in [-0.2, 0) is 4.74 Å². The number of rotatable bonds is 3. The second-order valence-electron chi connectivity index (χ2n) is 2.94. The minimum absolute atomic E-state index is 0.166. The van der Waals surface area contributed by atoms with E-state index in [4.69, 9.17) is 20.5 Å². The lowest BCUT2D eigenvalue weighted by molar-refractivity contribution is 0.0527. The fourth-order valence-corrected chi connectivity index (χ4v) is 1.14. The van der Waals surface area contributed by atoms with Crippen molar-refractivity contribution in [2.75, 3.05) is 12.3 Å². The van der Waals surface area contributed by atoms with Crippen LogP contribution >= 0.6 is 0 Å². The summed E-state index contributed by atoms with van der Waals surface area (Å²) in [5, 5.41) is 17.7. The zero-order valence-corrected chi connectivity index (χ0v) is 8.30. The molecule has 0 aliphatic heterocycles. The average Bonchev–Trinajstić information content (AvgIpc) is 2.17. The fourth-order valence-electron chi connectivity index (χ4n) is 1.14. The molecule has 0 fully saturated rings. The largest absolute Gasteiger partial charge is 0.488 e. The maximum absolute atomic E-state index is 11.3. The van der Waals surface area contributed by atoms with Gasteiger partial charge >= 0.3 is 13.1 Å². The van der Waals surface area contributed by atoms with Crippen LogP contribution < -0.4 is 11.2 Å². The van der Waals surface area contributed by atoms with E-state index in [1.54, 1.807) is 6.92 Å². The van der Waals surface area contributed by atoms with Crippen LogP contribution in [0.1, 0.15) is 17.3 Å². The number of esters is 1. The van der Waals surface area contributed by atoms with Gasteiger partial charge in [-0.2, -0.15) is 0 Å². The van der Waals surface area contributed by atoms with Crippen LogP contribution in [0.5, 0.6) is 0 Å². The van der Waals surface area contributed by atoms with Crippen molar-refractivity contribution in [3.8, 4) is 0 Å². The second-order valence-corrected chi connectivity index (χ2v) is 2.94. The molecule has 0 radical (unpaired) electrons. The maximum atomic E-state index is 11.3. The molecule has 5 nitrogen and oxygen atoms in total. The molecule has 0 aliphatic carbocycles. The van der Waals surface area contributed by atoms with Gasteiger partial charge in [-0.3, -0.25) is 0 Å². The molecule has 80 valence electrons. The number of carbonyl (C=O) groups is 1. The highest BCUT2D eigenvalue weighted by Gasteiger charge is 2.15. The third-order valence-electron chi connectivity index (χ3n) is 1.87. The Labute approximate surface area is 87.6 Å². The van der Waals surface area contributed by atoms with Gasteiger partial charge in [0, 0.05) is 5.69 Å². The monoisotopic (exact) mass is 209 g/mol. The Bertz CT molecular complexity index is 367. The molecule has 0 spiro atoms. The lowest BCUT2D eigenvalue weighted by Gasteiger charge is -2.07. The first-order valence-corrected chi connectivity index (χ1v) is 4.49. The number of carbonyl (C=O) groups excluding carboxylic acids is 1. The quantitative estimate of drug-likeness (QED) is 0.341. The lowest BCUT2D eigenvalue weighted by atomic mass is 9.79. The molecule has 0 unspecified atom stereocenters. The topological polar surface area (TPSA) is 92.8 Å². The van der Waals surface area contributed by atoms with E-state index in [9.17, 15) is 4.79 Å². The van der Waals surface area contributed by atoms with Gasteiger partial charge < -0.3 is 20.5 Å². The highest BCUT2D eigenvalue weighted by Crippen LogP contribution is 2.10. The number of hydrogen-bond acceptors (Lipinski definition) is 5. The standard InChI is InChI=1S/C9H12BNO4/c1-2-15-9(12)7-4-3-6(10(13)14)5-8(7)11/h3-5,13-14H,2,11H2,1H3. The minimum Gasteiger partial charge on any atom is -0.462 e. The number of hydrogen-bond donors (Lipinski definition) is 3. The predicted molar refractivity (Wildman–Crippen MR) is 56.6 cm³/mol. The third-order valence-corrected chi connectivity index (χ3v) is 1.87. The van der Waals surface area contributed by atoms with Crippen molar-refractivity contribution >= 4 is 24.2 Å². The van der Waals surface area contributed by atoms with E-state index in [1.807, 2.05) is 0 Å². The van der Waals surface area contributed by atoms with E-state index >= 15 is 0 Å². The highest BCUT2D eigenvalue weighted by atomic mass is 16.5. The lowest BCUT2D eigenvalue weighted by Crippen LogP contribution is -2.30. The smallest absolute Gasteiger partial charge is 0.462 e. The molecule has 0 bridgehead atoms. The number of nitrogens with two attached hydrogens (primary N) is 1. The molecule has 0 aliphatic rings. The SMILES string of the molecule is CCOC(=O)c1ccc(B(O)O)cc1N. The van der Waals surface area contributed by atoms with E-state index in [0.717, 1.165) is 0 Å². The van der Waals surface area contributed by atoms with Gasteiger partial charge in [-0.1, -0.05) is 6.07 Å². The molecular formula is C9H12BNO4. The summed E-state index contributed by atoms with van der Waals surface area (Å²) in [7, 11) is -1.59. The van der Waals surface area contributed by atoms with Crippen molar-refractivity contribution in [3.63, 3.8) is 0 Å². The Morgan fingerprint density at radius 1 is 1.53 bits per heavy atom.